The first kappa shape index (κ1) is 25.5. The maximum Gasteiger partial charge on any atom is 0.331 e. The highest BCUT2D eigenvalue weighted by molar-refractivity contribution is 7.95. The average Bonchev–Trinajstić information content (AvgIpc) is 3.42. The lowest BCUT2D eigenvalue weighted by Gasteiger charge is -2.28. The number of esters is 1. The topological polar surface area (TPSA) is 92.3 Å². The molecule has 4 rings (SSSR count). The Hall–Kier alpha value is -4.15. The number of carboxylic acid groups (broad SMARTS) is 1. The number of hydrogen-bond acceptors (Lipinski definition) is 4. The fourth-order valence-electron chi connectivity index (χ4n) is 3.52. The maximum absolute atomic E-state index is 12.5. The van der Waals surface area contributed by atoms with Crippen LogP contribution in [0.4, 0.5) is 0 Å². The predicted molar refractivity (Wildman–Crippen MR) is 143 cm³/mol. The number of ether oxygens (including phenoxy) is 1. The molecule has 0 unspecified atom stereocenters. The largest absolute Gasteiger partial charge is 0.478 e. The number of carbonyl (C=O) groups excluding carboxylic acids is 1. The van der Waals surface area contributed by atoms with E-state index in [4.69, 9.17) is 9.84 Å². The Labute approximate surface area is 204 Å². The summed E-state index contributed by atoms with van der Waals surface area (Å²) in [6.45, 7) is -0.0371. The van der Waals surface area contributed by atoms with Crippen LogP contribution in [0.15, 0.2) is 109 Å². The fraction of sp³-hybridized carbons (Fsp3) is 0.0714. The van der Waals surface area contributed by atoms with Crippen molar-refractivity contribution < 1.29 is 19.4 Å². The van der Waals surface area contributed by atoms with Crippen molar-refractivity contribution in [1.82, 2.24) is 10.2 Å². The summed E-state index contributed by atoms with van der Waals surface area (Å²) in [6, 6.07) is 30.7. The van der Waals surface area contributed by atoms with E-state index in [1.807, 2.05) is 61.5 Å². The molecule has 3 aromatic carbocycles. The van der Waals surface area contributed by atoms with Gasteiger partial charge >= 0.3 is 11.9 Å². The van der Waals surface area contributed by atoms with Gasteiger partial charge in [0.1, 0.15) is 0 Å². The number of H-pyrrole nitrogens is 1. The normalized spacial score (nSPS) is 10.8. The summed E-state index contributed by atoms with van der Waals surface area (Å²) >= 11 is 0. The van der Waals surface area contributed by atoms with Crippen molar-refractivity contribution in [2.24, 2.45) is 0 Å². The van der Waals surface area contributed by atoms with E-state index >= 15 is 0 Å². The molecular weight excluding hydrogens is 459 g/mol. The standard InChI is InChI=1S/C22H21O2P.C6H6N2O2/c1-2-24-22(23)18-25(19-12-6-3-7-13-19,20-14-8-4-9-15-20)21-16-10-5-11-17-21;9-6(10)2-1-5-3-7-8-4-5/h3-18H,2H2,1H3;1-4H,(H,7,8)(H,9,10). The Balaban J connectivity index is 0.000000287. The minimum absolute atomic E-state index is 0.271. The predicted octanol–water partition coefficient (Wildman–Crippen LogP) is 3.85. The number of carbonyl (C=O) groups is 2. The van der Waals surface area contributed by atoms with Gasteiger partial charge in [0.25, 0.3) is 0 Å². The molecule has 0 saturated heterocycles. The van der Waals surface area contributed by atoms with Crippen molar-refractivity contribution in [3.8, 4) is 0 Å². The Kier molecular flexibility index (Phi) is 9.40. The van der Waals surface area contributed by atoms with Gasteiger partial charge in [0.05, 0.1) is 12.8 Å². The first-order chi connectivity index (χ1) is 17.1. The zero-order chi connectivity index (χ0) is 24.9. The summed E-state index contributed by atoms with van der Waals surface area (Å²) in [6.07, 6.45) is 5.68. The minimum atomic E-state index is -2.24. The van der Waals surface area contributed by atoms with Crippen molar-refractivity contribution in [2.75, 3.05) is 6.61 Å². The van der Waals surface area contributed by atoms with E-state index in [1.54, 1.807) is 18.2 Å². The number of nitrogens with one attached hydrogen (secondary N) is 1. The monoisotopic (exact) mass is 486 g/mol. The van der Waals surface area contributed by atoms with Crippen LogP contribution in [0.5, 0.6) is 0 Å². The van der Waals surface area contributed by atoms with Crippen LogP contribution in [0.3, 0.4) is 0 Å². The summed E-state index contributed by atoms with van der Waals surface area (Å²) in [7, 11) is 0. The highest BCUT2D eigenvalue weighted by Gasteiger charge is 2.26. The van der Waals surface area contributed by atoms with Gasteiger partial charge in [-0.3, -0.25) is 5.10 Å². The molecule has 7 heteroatoms. The van der Waals surface area contributed by atoms with E-state index in [-0.39, 0.29) is 5.97 Å². The van der Waals surface area contributed by atoms with Gasteiger partial charge < -0.3 is 9.84 Å². The number of nitrogens with zero attached hydrogens (tertiary/aromatic N) is 1. The van der Waals surface area contributed by atoms with E-state index in [9.17, 15) is 9.59 Å². The van der Waals surface area contributed by atoms with Gasteiger partial charge in [0.2, 0.25) is 0 Å². The summed E-state index contributed by atoms with van der Waals surface area (Å²) in [4.78, 5) is 22.5. The second-order valence-electron chi connectivity index (χ2n) is 7.31. The summed E-state index contributed by atoms with van der Waals surface area (Å²) in [5.41, 5.74) is 0.752. The molecular formula is C28H27N2O4P. The Morgan fingerprint density at radius 3 is 1.74 bits per heavy atom. The van der Waals surface area contributed by atoms with E-state index in [2.05, 4.69) is 46.6 Å². The second-order valence-corrected chi connectivity index (χ2v) is 10.6. The number of benzene rings is 3. The molecule has 4 aromatic rings. The quantitative estimate of drug-likeness (QED) is 0.235. The molecule has 6 nitrogen and oxygen atoms in total. The molecule has 0 amide bonds. The molecule has 1 heterocycles. The summed E-state index contributed by atoms with van der Waals surface area (Å²) in [5, 5.41) is 17.8. The Morgan fingerprint density at radius 1 is 0.886 bits per heavy atom. The van der Waals surface area contributed by atoms with E-state index in [0.717, 1.165) is 27.6 Å². The van der Waals surface area contributed by atoms with Crippen LogP contribution in [0, 0.1) is 0 Å². The number of hydrogen-bond donors (Lipinski definition) is 2. The lowest BCUT2D eigenvalue weighted by molar-refractivity contribution is -0.134. The summed E-state index contributed by atoms with van der Waals surface area (Å²) in [5.74, 6) is 0.574. The van der Waals surface area contributed by atoms with Crippen LogP contribution in [-0.2, 0) is 14.3 Å². The molecule has 0 atom stereocenters. The summed E-state index contributed by atoms with van der Waals surface area (Å²) < 4.78 is 5.30. The first-order valence-electron chi connectivity index (χ1n) is 11.0. The molecule has 0 radical (unpaired) electrons. The second kappa shape index (κ2) is 12.9. The highest BCUT2D eigenvalue weighted by atomic mass is 31.2. The first-order valence-corrected chi connectivity index (χ1v) is 12.9. The Bertz CT molecular complexity index is 1180. The van der Waals surface area contributed by atoms with Crippen LogP contribution in [0.2, 0.25) is 0 Å². The number of aromatic amines is 1. The maximum atomic E-state index is 12.5. The van der Waals surface area contributed by atoms with Crippen molar-refractivity contribution >= 4 is 46.6 Å². The number of aromatic nitrogens is 2. The van der Waals surface area contributed by atoms with Gasteiger partial charge in [-0.25, -0.2) is 9.59 Å². The van der Waals surface area contributed by atoms with Crippen molar-refractivity contribution in [1.29, 1.82) is 0 Å². The minimum Gasteiger partial charge on any atom is -0.478 e. The van der Waals surface area contributed by atoms with E-state index < -0.39 is 12.9 Å². The van der Waals surface area contributed by atoms with Gasteiger partial charge in [-0.05, 0) is 35.8 Å². The molecule has 35 heavy (non-hydrogen) atoms. The van der Waals surface area contributed by atoms with E-state index in [0.29, 0.717) is 6.61 Å². The number of aliphatic carboxylic acids is 1. The van der Waals surface area contributed by atoms with Crippen LogP contribution < -0.4 is 15.9 Å². The van der Waals surface area contributed by atoms with Crippen molar-refractivity contribution in [3.05, 3.63) is 115 Å². The number of rotatable bonds is 7. The van der Waals surface area contributed by atoms with Gasteiger partial charge in [-0.2, -0.15) is 5.10 Å². The van der Waals surface area contributed by atoms with Crippen molar-refractivity contribution in [3.63, 3.8) is 0 Å². The third-order valence-electron chi connectivity index (χ3n) is 5.01. The SMILES string of the molecule is CCOC(=O)C=P(c1ccccc1)(c1ccccc1)c1ccccc1.O=C(O)C=Cc1cn[nH]c1. The van der Waals surface area contributed by atoms with E-state index in [1.165, 1.54) is 6.08 Å². The Morgan fingerprint density at radius 2 is 1.37 bits per heavy atom. The molecule has 0 spiro atoms. The molecule has 0 aliphatic rings. The fourth-order valence-corrected chi connectivity index (χ4v) is 7.18. The molecule has 0 aliphatic carbocycles. The zero-order valence-electron chi connectivity index (χ0n) is 19.3. The van der Waals surface area contributed by atoms with Crippen LogP contribution in [-0.4, -0.2) is 39.6 Å². The van der Waals surface area contributed by atoms with Gasteiger partial charge in [0, 0.05) is 23.6 Å². The molecule has 0 fully saturated rings. The average molecular weight is 487 g/mol. The zero-order valence-corrected chi connectivity index (χ0v) is 20.2. The van der Waals surface area contributed by atoms with Crippen LogP contribution >= 0.6 is 6.89 Å². The highest BCUT2D eigenvalue weighted by Crippen LogP contribution is 2.43. The smallest absolute Gasteiger partial charge is 0.331 e. The molecule has 0 aliphatic heterocycles. The molecule has 178 valence electrons. The number of carboxylic acids is 1. The van der Waals surface area contributed by atoms with Crippen LogP contribution in [0.25, 0.3) is 6.08 Å². The van der Waals surface area contributed by atoms with Crippen LogP contribution in [0.1, 0.15) is 12.5 Å². The van der Waals surface area contributed by atoms with Gasteiger partial charge in [0.15, 0.2) is 0 Å². The molecule has 2 N–H and O–H groups in total. The molecule has 0 bridgehead atoms. The van der Waals surface area contributed by atoms with Gasteiger partial charge in [-0.15, -0.1) is 0 Å². The third-order valence-corrected chi connectivity index (χ3v) is 8.95. The van der Waals surface area contributed by atoms with Crippen molar-refractivity contribution in [2.45, 2.75) is 6.92 Å². The molecule has 0 saturated carbocycles. The molecule has 1 aromatic heterocycles. The van der Waals surface area contributed by atoms with Gasteiger partial charge in [-0.1, -0.05) is 91.0 Å². The lowest BCUT2D eigenvalue weighted by atomic mass is 10.3. The lowest BCUT2D eigenvalue weighted by Crippen LogP contribution is -2.29. The third kappa shape index (κ3) is 6.92.